The fraction of sp³-hybridized carbons (Fsp3) is 0.440. The van der Waals surface area contributed by atoms with Crippen LogP contribution in [0.15, 0.2) is 60.7 Å². The largest absolute Gasteiger partial charge is 0.466 e. The number of nitrogens with one attached hydrogen (secondary N) is 1. The summed E-state index contributed by atoms with van der Waals surface area (Å²) in [7, 11) is -3.99. The predicted octanol–water partition coefficient (Wildman–Crippen LogP) is 4.98. The average Bonchev–Trinajstić information content (AvgIpc) is 2.78. The van der Waals surface area contributed by atoms with Crippen molar-refractivity contribution in [3.05, 3.63) is 71.8 Å². The van der Waals surface area contributed by atoms with Gasteiger partial charge in [-0.05, 0) is 36.8 Å². The van der Waals surface area contributed by atoms with Crippen LogP contribution in [0.1, 0.15) is 38.3 Å². The van der Waals surface area contributed by atoms with Gasteiger partial charge >= 0.3 is 12.1 Å². The zero-order valence-corrected chi connectivity index (χ0v) is 20.4. The van der Waals surface area contributed by atoms with Gasteiger partial charge in [0.2, 0.25) is 7.37 Å². The summed E-state index contributed by atoms with van der Waals surface area (Å²) < 4.78 is 23.9. The molecule has 0 aliphatic rings. The molecule has 0 bridgehead atoms. The van der Waals surface area contributed by atoms with Gasteiger partial charge in [-0.25, -0.2) is 4.79 Å². The van der Waals surface area contributed by atoms with E-state index in [9.17, 15) is 19.0 Å². The summed E-state index contributed by atoms with van der Waals surface area (Å²) in [4.78, 5) is 36.0. The van der Waals surface area contributed by atoms with Crippen molar-refractivity contribution < 1.29 is 28.5 Å². The van der Waals surface area contributed by atoms with Gasteiger partial charge in [0.25, 0.3) is 0 Å². The van der Waals surface area contributed by atoms with E-state index in [1.807, 2.05) is 74.5 Å². The Morgan fingerprint density at radius 3 is 2.09 bits per heavy atom. The smallest absolute Gasteiger partial charge is 0.408 e. The van der Waals surface area contributed by atoms with E-state index in [0.717, 1.165) is 11.1 Å². The van der Waals surface area contributed by atoms with Gasteiger partial charge in [0.15, 0.2) is 0 Å². The number of alkyl carbamates (subject to hydrolysis) is 1. The third-order valence-corrected chi connectivity index (χ3v) is 7.38. The number of hydrogen-bond donors (Lipinski definition) is 2. The van der Waals surface area contributed by atoms with E-state index >= 15 is 0 Å². The molecule has 0 radical (unpaired) electrons. The lowest BCUT2D eigenvalue weighted by Gasteiger charge is -2.28. The Hall–Kier alpha value is -2.63. The van der Waals surface area contributed by atoms with Crippen LogP contribution in [0, 0.1) is 11.8 Å². The van der Waals surface area contributed by atoms with Crippen LogP contribution in [0.5, 0.6) is 0 Å². The molecule has 0 saturated carbocycles. The monoisotopic (exact) mass is 475 g/mol. The molecule has 3 atom stereocenters. The van der Waals surface area contributed by atoms with Crippen LogP contribution in [-0.4, -0.2) is 35.5 Å². The Labute approximate surface area is 196 Å². The molecular weight excluding hydrogens is 441 g/mol. The summed E-state index contributed by atoms with van der Waals surface area (Å²) in [6, 6.07) is 18.5. The zero-order chi connectivity index (χ0) is 24.3. The van der Waals surface area contributed by atoms with Crippen LogP contribution >= 0.6 is 7.37 Å². The van der Waals surface area contributed by atoms with Crippen molar-refractivity contribution in [1.82, 2.24) is 5.32 Å². The van der Waals surface area contributed by atoms with Crippen LogP contribution < -0.4 is 5.32 Å². The Morgan fingerprint density at radius 2 is 1.55 bits per heavy atom. The molecule has 2 aromatic carbocycles. The van der Waals surface area contributed by atoms with E-state index in [1.165, 1.54) is 0 Å². The summed E-state index contributed by atoms with van der Waals surface area (Å²) in [5, 5.41) is 2.57. The van der Waals surface area contributed by atoms with Crippen molar-refractivity contribution in [1.29, 1.82) is 0 Å². The molecule has 2 rings (SSSR count). The molecule has 0 aliphatic heterocycles. The zero-order valence-electron chi connectivity index (χ0n) is 19.5. The van der Waals surface area contributed by atoms with Gasteiger partial charge in [-0.2, -0.15) is 0 Å². The van der Waals surface area contributed by atoms with Gasteiger partial charge < -0.3 is 19.7 Å². The fourth-order valence-electron chi connectivity index (χ4n) is 3.50. The standard InChI is InChI=1S/C25H34NO6P/c1-4-31-24(27)22(16-20-11-7-5-8-12-20)18-33(29,30)23(15-19(2)3)26-25(28)32-17-21-13-9-6-10-14-21/h5-14,19,22-23H,4,15-18H2,1-3H3,(H,26,28)(H,29,30)/t22-,23+/m1/s1. The molecule has 0 heterocycles. The second-order valence-corrected chi connectivity index (χ2v) is 10.9. The van der Waals surface area contributed by atoms with Gasteiger partial charge in [-0.1, -0.05) is 74.5 Å². The number of esters is 1. The lowest BCUT2D eigenvalue weighted by atomic mass is 10.0. The van der Waals surface area contributed by atoms with E-state index < -0.39 is 31.1 Å². The molecule has 2 N–H and O–H groups in total. The molecule has 1 unspecified atom stereocenters. The van der Waals surface area contributed by atoms with Crippen molar-refractivity contribution in [2.24, 2.45) is 11.8 Å². The Balaban J connectivity index is 2.12. The van der Waals surface area contributed by atoms with Crippen molar-refractivity contribution >= 4 is 19.4 Å². The molecule has 33 heavy (non-hydrogen) atoms. The fourth-order valence-corrected chi connectivity index (χ4v) is 5.72. The van der Waals surface area contributed by atoms with E-state index in [2.05, 4.69) is 5.32 Å². The van der Waals surface area contributed by atoms with Crippen molar-refractivity contribution in [2.45, 2.75) is 46.0 Å². The average molecular weight is 476 g/mol. The Morgan fingerprint density at radius 1 is 0.970 bits per heavy atom. The van der Waals surface area contributed by atoms with Gasteiger partial charge in [0.05, 0.1) is 12.5 Å². The van der Waals surface area contributed by atoms with Crippen molar-refractivity contribution in [3.63, 3.8) is 0 Å². The maximum absolute atomic E-state index is 13.4. The highest BCUT2D eigenvalue weighted by Crippen LogP contribution is 2.49. The molecule has 0 fully saturated rings. The quantitative estimate of drug-likeness (QED) is 0.332. The third-order valence-electron chi connectivity index (χ3n) is 5.11. The van der Waals surface area contributed by atoms with Crippen LogP contribution in [0.25, 0.3) is 0 Å². The minimum atomic E-state index is -3.99. The number of rotatable bonds is 12. The van der Waals surface area contributed by atoms with E-state index in [4.69, 9.17) is 9.47 Å². The number of amides is 1. The van der Waals surface area contributed by atoms with Crippen molar-refractivity contribution in [3.8, 4) is 0 Å². The minimum absolute atomic E-state index is 0.0417. The molecular formula is C25H34NO6P. The second-order valence-electron chi connectivity index (χ2n) is 8.43. The number of hydrogen-bond acceptors (Lipinski definition) is 5. The number of benzene rings is 2. The molecule has 8 heteroatoms. The highest BCUT2D eigenvalue weighted by atomic mass is 31.2. The first-order valence-corrected chi connectivity index (χ1v) is 13.1. The number of ether oxygens (including phenoxy) is 2. The van der Waals surface area contributed by atoms with Crippen LogP contribution in [0.2, 0.25) is 0 Å². The highest BCUT2D eigenvalue weighted by molar-refractivity contribution is 7.58. The topological polar surface area (TPSA) is 102 Å². The summed E-state index contributed by atoms with van der Waals surface area (Å²) in [6.45, 7) is 5.73. The second kappa shape index (κ2) is 13.2. The molecule has 0 spiro atoms. The molecule has 0 saturated heterocycles. The first-order chi connectivity index (χ1) is 15.7. The molecule has 180 valence electrons. The normalized spacial score (nSPS) is 14.7. The number of carbonyl (C=O) groups excluding carboxylic acids is 2. The molecule has 0 aromatic heterocycles. The van der Waals surface area contributed by atoms with Gasteiger partial charge in [0, 0.05) is 6.16 Å². The summed E-state index contributed by atoms with van der Waals surface area (Å²) >= 11 is 0. The van der Waals surface area contributed by atoms with Crippen molar-refractivity contribution in [2.75, 3.05) is 12.8 Å². The molecule has 7 nitrogen and oxygen atoms in total. The van der Waals surface area contributed by atoms with E-state index in [0.29, 0.717) is 0 Å². The highest BCUT2D eigenvalue weighted by Gasteiger charge is 2.38. The van der Waals surface area contributed by atoms with Gasteiger partial charge in [-0.3, -0.25) is 9.36 Å². The summed E-state index contributed by atoms with van der Waals surface area (Å²) in [5.74, 6) is -2.32. The number of carbonyl (C=O) groups is 2. The SMILES string of the molecule is CCOC(=O)[C@H](Cc1ccccc1)CP(=O)(O)[C@@H](CC(C)C)NC(=O)OCc1ccccc1. The Kier molecular flexibility index (Phi) is 10.6. The van der Waals surface area contributed by atoms with Crippen LogP contribution in [0.3, 0.4) is 0 Å². The molecule has 1 amide bonds. The van der Waals surface area contributed by atoms with E-state index in [1.54, 1.807) is 6.92 Å². The molecule has 2 aromatic rings. The maximum Gasteiger partial charge on any atom is 0.408 e. The third kappa shape index (κ3) is 9.40. The summed E-state index contributed by atoms with van der Waals surface area (Å²) in [5.41, 5.74) is 1.68. The minimum Gasteiger partial charge on any atom is -0.466 e. The summed E-state index contributed by atoms with van der Waals surface area (Å²) in [6.07, 6.45) is -0.516. The lowest BCUT2D eigenvalue weighted by molar-refractivity contribution is -0.147. The predicted molar refractivity (Wildman–Crippen MR) is 128 cm³/mol. The van der Waals surface area contributed by atoms with Gasteiger partial charge in [0.1, 0.15) is 12.4 Å². The molecule has 0 aliphatic carbocycles. The lowest BCUT2D eigenvalue weighted by Crippen LogP contribution is -2.38. The Bertz CT molecular complexity index is 919. The van der Waals surface area contributed by atoms with Gasteiger partial charge in [-0.15, -0.1) is 0 Å². The maximum atomic E-state index is 13.4. The first kappa shape index (κ1) is 26.6. The van der Waals surface area contributed by atoms with E-state index in [-0.39, 0.29) is 38.1 Å². The van der Waals surface area contributed by atoms with Crippen LogP contribution in [-0.2, 0) is 31.9 Å². The van der Waals surface area contributed by atoms with Crippen LogP contribution in [0.4, 0.5) is 4.79 Å². The first-order valence-electron chi connectivity index (χ1n) is 11.2.